The summed E-state index contributed by atoms with van der Waals surface area (Å²) >= 11 is 0. The summed E-state index contributed by atoms with van der Waals surface area (Å²) in [6, 6.07) is 18.4. The molecule has 2 aromatic carbocycles. The topological polar surface area (TPSA) is 20.2 Å². The Bertz CT molecular complexity index is 557. The van der Waals surface area contributed by atoms with Crippen LogP contribution in [0, 0.1) is 5.92 Å². The summed E-state index contributed by atoms with van der Waals surface area (Å²) in [5.41, 5.74) is 3.45. The van der Waals surface area contributed by atoms with Crippen molar-refractivity contribution >= 4 is 6.08 Å². The van der Waals surface area contributed by atoms with Gasteiger partial charge in [-0.05, 0) is 23.1 Å². The van der Waals surface area contributed by atoms with Crippen molar-refractivity contribution < 1.29 is 5.11 Å². The summed E-state index contributed by atoms with van der Waals surface area (Å²) in [5, 5.41) is 10.4. The highest BCUT2D eigenvalue weighted by Crippen LogP contribution is 2.33. The van der Waals surface area contributed by atoms with Crippen molar-refractivity contribution in [3.63, 3.8) is 0 Å². The molecule has 1 nitrogen and oxygen atoms in total. The summed E-state index contributed by atoms with van der Waals surface area (Å²) in [6.07, 6.45) is 4.73. The molecule has 0 heterocycles. The average molecular weight is 236 g/mol. The fourth-order valence-corrected chi connectivity index (χ4v) is 2.56. The Morgan fingerprint density at radius 1 is 0.889 bits per heavy atom. The minimum atomic E-state index is -0.397. The molecule has 18 heavy (non-hydrogen) atoms. The number of hydrogen-bond acceptors (Lipinski definition) is 1. The first-order valence-corrected chi connectivity index (χ1v) is 6.34. The molecule has 0 amide bonds. The highest BCUT2D eigenvalue weighted by Gasteiger charge is 2.23. The zero-order valence-electron chi connectivity index (χ0n) is 10.2. The van der Waals surface area contributed by atoms with Gasteiger partial charge in [-0.25, -0.2) is 0 Å². The maximum absolute atomic E-state index is 10.4. The van der Waals surface area contributed by atoms with Gasteiger partial charge in [0.1, 0.15) is 0 Å². The lowest BCUT2D eigenvalue weighted by Crippen LogP contribution is -2.17. The van der Waals surface area contributed by atoms with E-state index in [0.717, 1.165) is 17.5 Å². The van der Waals surface area contributed by atoms with Gasteiger partial charge in [-0.3, -0.25) is 0 Å². The Hall–Kier alpha value is -1.86. The van der Waals surface area contributed by atoms with Gasteiger partial charge in [-0.15, -0.1) is 0 Å². The summed E-state index contributed by atoms with van der Waals surface area (Å²) in [7, 11) is 0. The molecule has 0 radical (unpaired) electrons. The zero-order chi connectivity index (χ0) is 12.4. The normalized spacial score (nSPS) is 21.6. The first kappa shape index (κ1) is 11.2. The summed E-state index contributed by atoms with van der Waals surface area (Å²) in [6.45, 7) is 0. The molecule has 2 aromatic rings. The molecule has 0 bridgehead atoms. The SMILES string of the molecule is O[C@@H]1c2ccccc2C=C[C@H]1Cc1ccccc1. The Morgan fingerprint density at radius 2 is 1.61 bits per heavy atom. The van der Waals surface area contributed by atoms with E-state index in [4.69, 9.17) is 0 Å². The van der Waals surface area contributed by atoms with Crippen LogP contribution in [0.3, 0.4) is 0 Å². The molecule has 1 N–H and O–H groups in total. The van der Waals surface area contributed by atoms with Gasteiger partial charge in [-0.1, -0.05) is 66.7 Å². The molecule has 0 saturated carbocycles. The van der Waals surface area contributed by atoms with Crippen LogP contribution in [0.25, 0.3) is 6.08 Å². The molecular formula is C17H16O. The second-order valence-corrected chi connectivity index (χ2v) is 4.79. The second kappa shape index (κ2) is 4.79. The largest absolute Gasteiger partial charge is 0.388 e. The van der Waals surface area contributed by atoms with Crippen LogP contribution in [0.15, 0.2) is 60.7 Å². The van der Waals surface area contributed by atoms with Crippen LogP contribution in [-0.4, -0.2) is 5.11 Å². The van der Waals surface area contributed by atoms with Crippen LogP contribution in [-0.2, 0) is 6.42 Å². The van der Waals surface area contributed by atoms with Crippen LogP contribution in [0.1, 0.15) is 22.8 Å². The van der Waals surface area contributed by atoms with Gasteiger partial charge in [0.05, 0.1) is 6.10 Å². The Morgan fingerprint density at radius 3 is 2.44 bits per heavy atom. The predicted molar refractivity (Wildman–Crippen MR) is 74.1 cm³/mol. The summed E-state index contributed by atoms with van der Waals surface area (Å²) in [5.74, 6) is 0.169. The van der Waals surface area contributed by atoms with Crippen LogP contribution in [0.4, 0.5) is 0 Å². The number of aliphatic hydroxyl groups excluding tert-OH is 1. The van der Waals surface area contributed by atoms with E-state index in [2.05, 4.69) is 24.3 Å². The van der Waals surface area contributed by atoms with Crippen LogP contribution >= 0.6 is 0 Å². The fraction of sp³-hybridized carbons (Fsp3) is 0.176. The molecule has 3 rings (SSSR count). The molecule has 1 heteroatoms. The van der Waals surface area contributed by atoms with Gasteiger partial charge < -0.3 is 5.11 Å². The maximum Gasteiger partial charge on any atom is 0.0861 e. The summed E-state index contributed by atoms with van der Waals surface area (Å²) in [4.78, 5) is 0. The summed E-state index contributed by atoms with van der Waals surface area (Å²) < 4.78 is 0. The third-order valence-corrected chi connectivity index (χ3v) is 3.56. The quantitative estimate of drug-likeness (QED) is 0.844. The maximum atomic E-state index is 10.4. The van der Waals surface area contributed by atoms with Gasteiger partial charge >= 0.3 is 0 Å². The Kier molecular flexibility index (Phi) is 2.99. The van der Waals surface area contributed by atoms with E-state index in [0.29, 0.717) is 0 Å². The third-order valence-electron chi connectivity index (χ3n) is 3.56. The lowest BCUT2D eigenvalue weighted by atomic mass is 9.83. The number of rotatable bonds is 2. The highest BCUT2D eigenvalue weighted by atomic mass is 16.3. The van der Waals surface area contributed by atoms with Gasteiger partial charge in [0.15, 0.2) is 0 Å². The van der Waals surface area contributed by atoms with Gasteiger partial charge in [0.2, 0.25) is 0 Å². The molecular weight excluding hydrogens is 220 g/mol. The van der Waals surface area contributed by atoms with E-state index in [1.165, 1.54) is 5.56 Å². The predicted octanol–water partition coefficient (Wildman–Crippen LogP) is 3.61. The van der Waals surface area contributed by atoms with Crippen molar-refractivity contribution in [2.75, 3.05) is 0 Å². The monoisotopic (exact) mass is 236 g/mol. The van der Waals surface area contributed by atoms with E-state index in [-0.39, 0.29) is 5.92 Å². The molecule has 0 aromatic heterocycles. The molecule has 0 aliphatic heterocycles. The molecule has 0 saturated heterocycles. The van der Waals surface area contributed by atoms with E-state index >= 15 is 0 Å². The highest BCUT2D eigenvalue weighted by molar-refractivity contribution is 5.57. The molecule has 0 fully saturated rings. The molecule has 2 atom stereocenters. The lowest BCUT2D eigenvalue weighted by molar-refractivity contribution is 0.130. The van der Waals surface area contributed by atoms with E-state index in [1.54, 1.807) is 0 Å². The molecule has 0 spiro atoms. The minimum absolute atomic E-state index is 0.169. The first-order chi connectivity index (χ1) is 8.84. The third kappa shape index (κ3) is 2.09. The standard InChI is InChI=1S/C17H16O/c18-17-15(12-13-6-2-1-3-7-13)11-10-14-8-4-5-9-16(14)17/h1-11,15,17-18H,12H2/t15-,17-/m0/s1. The van der Waals surface area contributed by atoms with Crippen LogP contribution in [0.5, 0.6) is 0 Å². The lowest BCUT2D eigenvalue weighted by Gasteiger charge is -2.25. The average Bonchev–Trinajstić information content (AvgIpc) is 2.43. The molecule has 90 valence electrons. The zero-order valence-corrected chi connectivity index (χ0v) is 10.2. The smallest absolute Gasteiger partial charge is 0.0861 e. The molecule has 1 aliphatic rings. The number of aliphatic hydroxyl groups is 1. The van der Waals surface area contributed by atoms with Gasteiger partial charge in [0.25, 0.3) is 0 Å². The van der Waals surface area contributed by atoms with Crippen molar-refractivity contribution in [3.8, 4) is 0 Å². The van der Waals surface area contributed by atoms with Crippen molar-refractivity contribution in [1.82, 2.24) is 0 Å². The van der Waals surface area contributed by atoms with Crippen molar-refractivity contribution in [2.45, 2.75) is 12.5 Å². The molecule has 1 aliphatic carbocycles. The van der Waals surface area contributed by atoms with Gasteiger partial charge in [0, 0.05) is 5.92 Å². The van der Waals surface area contributed by atoms with Gasteiger partial charge in [-0.2, -0.15) is 0 Å². The van der Waals surface area contributed by atoms with E-state index in [1.807, 2.05) is 42.5 Å². The van der Waals surface area contributed by atoms with Crippen molar-refractivity contribution in [1.29, 1.82) is 0 Å². The minimum Gasteiger partial charge on any atom is -0.388 e. The fourth-order valence-electron chi connectivity index (χ4n) is 2.56. The second-order valence-electron chi connectivity index (χ2n) is 4.79. The Balaban J connectivity index is 1.85. The van der Waals surface area contributed by atoms with Crippen LogP contribution in [0.2, 0.25) is 0 Å². The number of benzene rings is 2. The van der Waals surface area contributed by atoms with E-state index in [9.17, 15) is 5.11 Å². The molecule has 0 unspecified atom stereocenters. The van der Waals surface area contributed by atoms with Crippen molar-refractivity contribution in [2.24, 2.45) is 5.92 Å². The number of fused-ring (bicyclic) bond motifs is 1. The van der Waals surface area contributed by atoms with E-state index < -0.39 is 6.10 Å². The Labute approximate surface area is 107 Å². The first-order valence-electron chi connectivity index (χ1n) is 6.34. The number of hydrogen-bond donors (Lipinski definition) is 1. The van der Waals surface area contributed by atoms with Crippen molar-refractivity contribution in [3.05, 3.63) is 77.4 Å². The van der Waals surface area contributed by atoms with Crippen LogP contribution < -0.4 is 0 Å².